The fraction of sp³-hybridized carbons (Fsp3) is 0.294. The zero-order valence-corrected chi connectivity index (χ0v) is 11.9. The molecule has 0 aromatic heterocycles. The maximum atomic E-state index is 5.44. The van der Waals surface area contributed by atoms with Crippen LogP contribution in [0.1, 0.15) is 22.3 Å². The molecule has 0 radical (unpaired) electrons. The van der Waals surface area contributed by atoms with Crippen LogP contribution in [0, 0.1) is 13.8 Å². The van der Waals surface area contributed by atoms with Crippen molar-refractivity contribution in [2.45, 2.75) is 26.9 Å². The van der Waals surface area contributed by atoms with Crippen LogP contribution in [0.3, 0.4) is 0 Å². The molecule has 1 N–H and O–H groups in total. The summed E-state index contributed by atoms with van der Waals surface area (Å²) in [6, 6.07) is 14.7. The zero-order valence-electron chi connectivity index (χ0n) is 11.9. The Morgan fingerprint density at radius 1 is 0.947 bits per heavy atom. The molecular weight excluding hydrogens is 234 g/mol. The van der Waals surface area contributed by atoms with Gasteiger partial charge in [0.15, 0.2) is 0 Å². The quantitative estimate of drug-likeness (QED) is 0.881. The van der Waals surface area contributed by atoms with Crippen molar-refractivity contribution in [2.24, 2.45) is 0 Å². The fourth-order valence-electron chi connectivity index (χ4n) is 2.12. The van der Waals surface area contributed by atoms with E-state index in [0.717, 1.165) is 18.8 Å². The van der Waals surface area contributed by atoms with Gasteiger partial charge in [-0.25, -0.2) is 0 Å². The number of rotatable bonds is 5. The Kier molecular flexibility index (Phi) is 4.58. The Bertz CT molecular complexity index is 534. The standard InChI is InChI=1S/C17H21NO/c1-13-9-16(17(19-3)10-14(13)2)12-18-11-15-7-5-4-6-8-15/h4-10,18H,11-12H2,1-3H3. The van der Waals surface area contributed by atoms with E-state index < -0.39 is 0 Å². The van der Waals surface area contributed by atoms with Gasteiger partial charge in [0.25, 0.3) is 0 Å². The molecule has 2 aromatic rings. The molecule has 100 valence electrons. The maximum Gasteiger partial charge on any atom is 0.123 e. The maximum absolute atomic E-state index is 5.44. The molecule has 0 unspecified atom stereocenters. The number of hydrogen-bond acceptors (Lipinski definition) is 2. The van der Waals surface area contributed by atoms with E-state index in [1.54, 1.807) is 7.11 Å². The third-order valence-electron chi connectivity index (χ3n) is 3.38. The summed E-state index contributed by atoms with van der Waals surface area (Å²) in [6.45, 7) is 5.94. The highest BCUT2D eigenvalue weighted by atomic mass is 16.5. The molecule has 2 heteroatoms. The fourth-order valence-corrected chi connectivity index (χ4v) is 2.12. The second-order valence-electron chi connectivity index (χ2n) is 4.84. The molecule has 0 amide bonds. The van der Waals surface area contributed by atoms with Gasteiger partial charge in [0.2, 0.25) is 0 Å². The van der Waals surface area contributed by atoms with Gasteiger partial charge in [-0.3, -0.25) is 0 Å². The van der Waals surface area contributed by atoms with Crippen LogP contribution in [-0.4, -0.2) is 7.11 Å². The Morgan fingerprint density at radius 2 is 1.63 bits per heavy atom. The Balaban J connectivity index is 2.01. The van der Waals surface area contributed by atoms with E-state index in [1.807, 2.05) is 6.07 Å². The summed E-state index contributed by atoms with van der Waals surface area (Å²) >= 11 is 0. The predicted molar refractivity (Wildman–Crippen MR) is 79.5 cm³/mol. The first-order valence-electron chi connectivity index (χ1n) is 6.59. The van der Waals surface area contributed by atoms with Crippen LogP contribution in [0.25, 0.3) is 0 Å². The van der Waals surface area contributed by atoms with Gasteiger partial charge in [-0.2, -0.15) is 0 Å². The normalized spacial score (nSPS) is 10.5. The monoisotopic (exact) mass is 255 g/mol. The van der Waals surface area contributed by atoms with Crippen LogP contribution in [-0.2, 0) is 13.1 Å². The molecule has 19 heavy (non-hydrogen) atoms. The number of ether oxygens (including phenoxy) is 1. The number of hydrogen-bond donors (Lipinski definition) is 1. The molecule has 0 spiro atoms. The molecule has 0 aliphatic carbocycles. The van der Waals surface area contributed by atoms with Crippen molar-refractivity contribution in [3.8, 4) is 5.75 Å². The number of benzene rings is 2. The molecule has 0 aliphatic rings. The summed E-state index contributed by atoms with van der Waals surface area (Å²) in [6.07, 6.45) is 0. The first-order chi connectivity index (χ1) is 9.20. The van der Waals surface area contributed by atoms with E-state index in [1.165, 1.54) is 22.3 Å². The molecule has 0 saturated carbocycles. The van der Waals surface area contributed by atoms with Gasteiger partial charge in [0.05, 0.1) is 7.11 Å². The summed E-state index contributed by atoms with van der Waals surface area (Å²) in [5.74, 6) is 0.962. The SMILES string of the molecule is COc1cc(C)c(C)cc1CNCc1ccccc1. The van der Waals surface area contributed by atoms with Crippen LogP contribution >= 0.6 is 0 Å². The number of nitrogens with one attached hydrogen (secondary N) is 1. The van der Waals surface area contributed by atoms with Crippen LogP contribution in [0.4, 0.5) is 0 Å². The number of methoxy groups -OCH3 is 1. The smallest absolute Gasteiger partial charge is 0.123 e. The van der Waals surface area contributed by atoms with Crippen LogP contribution < -0.4 is 10.1 Å². The molecule has 0 bridgehead atoms. The highest BCUT2D eigenvalue weighted by Crippen LogP contribution is 2.22. The van der Waals surface area contributed by atoms with Crippen molar-refractivity contribution in [1.29, 1.82) is 0 Å². The van der Waals surface area contributed by atoms with Gasteiger partial charge in [-0.15, -0.1) is 0 Å². The second-order valence-corrected chi connectivity index (χ2v) is 4.84. The molecule has 0 atom stereocenters. The lowest BCUT2D eigenvalue weighted by molar-refractivity contribution is 0.407. The van der Waals surface area contributed by atoms with E-state index in [2.05, 4.69) is 55.6 Å². The van der Waals surface area contributed by atoms with Gasteiger partial charge in [0, 0.05) is 18.7 Å². The average molecular weight is 255 g/mol. The third kappa shape index (κ3) is 3.58. The Labute approximate surface area is 115 Å². The summed E-state index contributed by atoms with van der Waals surface area (Å²) < 4.78 is 5.44. The van der Waals surface area contributed by atoms with E-state index >= 15 is 0 Å². The summed E-state index contributed by atoms with van der Waals surface area (Å²) in [5.41, 5.74) is 5.08. The third-order valence-corrected chi connectivity index (χ3v) is 3.38. The second kappa shape index (κ2) is 6.39. The van der Waals surface area contributed by atoms with E-state index in [0.29, 0.717) is 0 Å². The van der Waals surface area contributed by atoms with Crippen molar-refractivity contribution in [3.05, 3.63) is 64.7 Å². The number of aryl methyl sites for hydroxylation is 2. The molecule has 2 nitrogen and oxygen atoms in total. The molecule has 0 aliphatic heterocycles. The largest absolute Gasteiger partial charge is 0.496 e. The first-order valence-corrected chi connectivity index (χ1v) is 6.59. The first kappa shape index (κ1) is 13.6. The minimum atomic E-state index is 0.819. The van der Waals surface area contributed by atoms with E-state index in [4.69, 9.17) is 4.74 Å². The van der Waals surface area contributed by atoms with Gasteiger partial charge >= 0.3 is 0 Å². The molecule has 0 saturated heterocycles. The minimum absolute atomic E-state index is 0.819. The molecule has 0 fully saturated rings. The molecule has 2 rings (SSSR count). The van der Waals surface area contributed by atoms with Crippen molar-refractivity contribution in [1.82, 2.24) is 5.32 Å². The van der Waals surface area contributed by atoms with Crippen molar-refractivity contribution in [3.63, 3.8) is 0 Å². The van der Waals surface area contributed by atoms with Crippen LogP contribution in [0.15, 0.2) is 42.5 Å². The summed E-state index contributed by atoms with van der Waals surface area (Å²) in [7, 11) is 1.73. The van der Waals surface area contributed by atoms with Crippen molar-refractivity contribution >= 4 is 0 Å². The highest BCUT2D eigenvalue weighted by molar-refractivity contribution is 5.41. The van der Waals surface area contributed by atoms with Crippen LogP contribution in [0.5, 0.6) is 5.75 Å². The summed E-state index contributed by atoms with van der Waals surface area (Å²) in [5, 5.41) is 3.46. The lowest BCUT2D eigenvalue weighted by Crippen LogP contribution is -2.13. The van der Waals surface area contributed by atoms with Gasteiger partial charge in [-0.1, -0.05) is 36.4 Å². The summed E-state index contributed by atoms with van der Waals surface area (Å²) in [4.78, 5) is 0. The van der Waals surface area contributed by atoms with Gasteiger partial charge < -0.3 is 10.1 Å². The Morgan fingerprint density at radius 3 is 2.32 bits per heavy atom. The molecular formula is C17H21NO. The average Bonchev–Trinajstić information content (AvgIpc) is 2.43. The van der Waals surface area contributed by atoms with Crippen LogP contribution in [0.2, 0.25) is 0 Å². The van der Waals surface area contributed by atoms with E-state index in [9.17, 15) is 0 Å². The van der Waals surface area contributed by atoms with Crippen molar-refractivity contribution < 1.29 is 4.74 Å². The minimum Gasteiger partial charge on any atom is -0.496 e. The van der Waals surface area contributed by atoms with Crippen molar-refractivity contribution in [2.75, 3.05) is 7.11 Å². The topological polar surface area (TPSA) is 21.3 Å². The van der Waals surface area contributed by atoms with E-state index in [-0.39, 0.29) is 0 Å². The molecule has 2 aromatic carbocycles. The predicted octanol–water partition coefficient (Wildman–Crippen LogP) is 3.60. The Hall–Kier alpha value is -1.80. The zero-order chi connectivity index (χ0) is 13.7. The molecule has 0 heterocycles. The van der Waals surface area contributed by atoms with Gasteiger partial charge in [-0.05, 0) is 36.6 Å². The lowest BCUT2D eigenvalue weighted by atomic mass is 10.0. The van der Waals surface area contributed by atoms with Gasteiger partial charge in [0.1, 0.15) is 5.75 Å². The lowest BCUT2D eigenvalue weighted by Gasteiger charge is -2.12. The highest BCUT2D eigenvalue weighted by Gasteiger charge is 2.05.